The maximum absolute atomic E-state index is 10.7. The first-order valence-corrected chi connectivity index (χ1v) is 4.75. The highest BCUT2D eigenvalue weighted by Gasteiger charge is 2.10. The lowest BCUT2D eigenvalue weighted by Gasteiger charge is -1.98. The number of nitrogens with zero attached hydrogens (tertiary/aromatic N) is 2. The van der Waals surface area contributed by atoms with E-state index in [0.717, 1.165) is 16.5 Å². The van der Waals surface area contributed by atoms with E-state index in [2.05, 4.69) is 5.10 Å². The van der Waals surface area contributed by atoms with Crippen molar-refractivity contribution in [3.05, 3.63) is 17.1 Å². The molecule has 0 unspecified atom stereocenters. The zero-order chi connectivity index (χ0) is 9.26. The monoisotopic (exact) mass is 196 g/mol. The summed E-state index contributed by atoms with van der Waals surface area (Å²) in [6.45, 7) is 0.366. The second kappa shape index (κ2) is 3.27. The minimum atomic E-state index is -0.00419. The van der Waals surface area contributed by atoms with E-state index >= 15 is 0 Å². The summed E-state index contributed by atoms with van der Waals surface area (Å²) in [5, 5.41) is 14.8. The molecule has 0 aliphatic rings. The Kier molecular flexibility index (Phi) is 2.12. The Morgan fingerprint density at radius 1 is 1.69 bits per heavy atom. The van der Waals surface area contributed by atoms with Crippen molar-refractivity contribution < 1.29 is 9.90 Å². The van der Waals surface area contributed by atoms with Crippen molar-refractivity contribution in [2.75, 3.05) is 6.61 Å². The molecule has 5 heteroatoms. The van der Waals surface area contributed by atoms with Crippen molar-refractivity contribution in [2.24, 2.45) is 0 Å². The highest BCUT2D eigenvalue weighted by atomic mass is 32.1. The fourth-order valence-electron chi connectivity index (χ4n) is 1.25. The molecule has 0 saturated carbocycles. The molecule has 0 spiro atoms. The first-order chi connectivity index (χ1) is 6.36. The van der Waals surface area contributed by atoms with Crippen molar-refractivity contribution in [1.29, 1.82) is 0 Å². The standard InChI is InChI=1S/C8H8N2O2S/c11-3-2-10-7(5-12)8-6(9-10)1-4-13-8/h1,4-5,11H,2-3H2. The summed E-state index contributed by atoms with van der Waals surface area (Å²) < 4.78 is 2.43. The minimum Gasteiger partial charge on any atom is -0.394 e. The minimum absolute atomic E-state index is 0.00419. The molecule has 0 bridgehead atoms. The number of hydrogen-bond acceptors (Lipinski definition) is 4. The molecule has 2 aromatic rings. The largest absolute Gasteiger partial charge is 0.394 e. The Balaban J connectivity index is 2.60. The van der Waals surface area contributed by atoms with Gasteiger partial charge in [-0.05, 0) is 11.4 Å². The van der Waals surface area contributed by atoms with Crippen LogP contribution in [0.1, 0.15) is 10.5 Å². The van der Waals surface area contributed by atoms with E-state index in [0.29, 0.717) is 12.2 Å². The van der Waals surface area contributed by atoms with E-state index in [4.69, 9.17) is 5.11 Å². The maximum Gasteiger partial charge on any atom is 0.169 e. The lowest BCUT2D eigenvalue weighted by Crippen LogP contribution is -2.07. The Morgan fingerprint density at radius 3 is 3.23 bits per heavy atom. The molecular weight excluding hydrogens is 188 g/mol. The molecule has 1 N–H and O–H groups in total. The van der Waals surface area contributed by atoms with Crippen LogP contribution in [0.5, 0.6) is 0 Å². The zero-order valence-electron chi connectivity index (χ0n) is 6.80. The smallest absolute Gasteiger partial charge is 0.169 e. The molecule has 2 aromatic heterocycles. The second-order valence-corrected chi connectivity index (χ2v) is 3.50. The van der Waals surface area contributed by atoms with E-state index in [9.17, 15) is 4.79 Å². The molecule has 4 nitrogen and oxygen atoms in total. The van der Waals surface area contributed by atoms with Crippen molar-refractivity contribution in [3.63, 3.8) is 0 Å². The van der Waals surface area contributed by atoms with E-state index in [1.807, 2.05) is 11.4 Å². The topological polar surface area (TPSA) is 55.1 Å². The molecule has 0 atom stereocenters. The van der Waals surface area contributed by atoms with E-state index in [1.165, 1.54) is 16.0 Å². The predicted molar refractivity (Wildman–Crippen MR) is 50.1 cm³/mol. The molecule has 0 fully saturated rings. The number of thiophene rings is 1. The molecule has 2 rings (SSSR count). The lowest BCUT2D eigenvalue weighted by molar-refractivity contribution is 0.111. The molecule has 13 heavy (non-hydrogen) atoms. The van der Waals surface area contributed by atoms with Crippen LogP contribution in [-0.2, 0) is 6.54 Å². The zero-order valence-corrected chi connectivity index (χ0v) is 7.62. The number of aliphatic hydroxyl groups excluding tert-OH is 1. The number of aromatic nitrogens is 2. The van der Waals surface area contributed by atoms with Crippen LogP contribution in [0.15, 0.2) is 11.4 Å². The van der Waals surface area contributed by atoms with Crippen LogP contribution in [0.2, 0.25) is 0 Å². The molecule has 68 valence electrons. The Hall–Kier alpha value is -1.20. The van der Waals surface area contributed by atoms with Gasteiger partial charge in [-0.15, -0.1) is 11.3 Å². The first-order valence-electron chi connectivity index (χ1n) is 3.87. The summed E-state index contributed by atoms with van der Waals surface area (Å²) in [4.78, 5) is 10.7. The van der Waals surface area contributed by atoms with Crippen molar-refractivity contribution >= 4 is 27.8 Å². The van der Waals surface area contributed by atoms with E-state index in [-0.39, 0.29) is 6.61 Å². The van der Waals surface area contributed by atoms with Crippen LogP contribution in [0.3, 0.4) is 0 Å². The Morgan fingerprint density at radius 2 is 2.54 bits per heavy atom. The van der Waals surface area contributed by atoms with Crippen molar-refractivity contribution in [3.8, 4) is 0 Å². The summed E-state index contributed by atoms with van der Waals surface area (Å²) in [7, 11) is 0. The first kappa shape index (κ1) is 8.40. The second-order valence-electron chi connectivity index (χ2n) is 2.58. The number of fused-ring (bicyclic) bond motifs is 1. The molecule has 2 heterocycles. The predicted octanol–water partition coefficient (Wildman–Crippen LogP) is 0.903. The van der Waals surface area contributed by atoms with Crippen LogP contribution in [-0.4, -0.2) is 27.8 Å². The Labute approximate surface area is 78.4 Å². The lowest BCUT2D eigenvalue weighted by atomic mass is 10.4. The van der Waals surface area contributed by atoms with Crippen molar-refractivity contribution in [1.82, 2.24) is 9.78 Å². The van der Waals surface area contributed by atoms with Gasteiger partial charge in [-0.25, -0.2) is 0 Å². The normalized spacial score (nSPS) is 10.8. The average Bonchev–Trinajstić information content (AvgIpc) is 2.64. The van der Waals surface area contributed by atoms with Gasteiger partial charge in [-0.1, -0.05) is 0 Å². The third kappa shape index (κ3) is 1.26. The fourth-order valence-corrected chi connectivity index (χ4v) is 2.09. The van der Waals surface area contributed by atoms with E-state index in [1.54, 1.807) is 0 Å². The number of aliphatic hydroxyl groups is 1. The molecule has 0 aliphatic carbocycles. The number of aldehydes is 1. The SMILES string of the molecule is O=Cc1c2sccc2nn1CCO. The van der Waals surface area contributed by atoms with Crippen LogP contribution >= 0.6 is 11.3 Å². The highest BCUT2D eigenvalue weighted by Crippen LogP contribution is 2.22. The van der Waals surface area contributed by atoms with Gasteiger partial charge in [0.2, 0.25) is 0 Å². The summed E-state index contributed by atoms with van der Waals surface area (Å²) in [6, 6.07) is 1.86. The third-order valence-corrected chi connectivity index (χ3v) is 2.73. The van der Waals surface area contributed by atoms with Crippen LogP contribution in [0, 0.1) is 0 Å². The van der Waals surface area contributed by atoms with Gasteiger partial charge in [0.1, 0.15) is 11.2 Å². The molecule has 0 aliphatic heterocycles. The van der Waals surface area contributed by atoms with Gasteiger partial charge >= 0.3 is 0 Å². The fraction of sp³-hybridized carbons (Fsp3) is 0.250. The van der Waals surface area contributed by atoms with Gasteiger partial charge in [-0.3, -0.25) is 9.48 Å². The van der Waals surface area contributed by atoms with E-state index < -0.39 is 0 Å². The number of hydrogen-bond donors (Lipinski definition) is 1. The average molecular weight is 196 g/mol. The molecular formula is C8H8N2O2S. The Bertz CT molecular complexity index is 432. The molecule has 0 saturated heterocycles. The van der Waals surface area contributed by atoms with Gasteiger partial charge in [0.25, 0.3) is 0 Å². The number of rotatable bonds is 3. The van der Waals surface area contributed by atoms with Crippen molar-refractivity contribution in [2.45, 2.75) is 6.54 Å². The maximum atomic E-state index is 10.7. The summed E-state index contributed by atoms with van der Waals surface area (Å²) in [6.07, 6.45) is 0.779. The van der Waals surface area contributed by atoms with Crippen LogP contribution in [0.25, 0.3) is 10.2 Å². The van der Waals surface area contributed by atoms with Gasteiger partial charge in [0.15, 0.2) is 6.29 Å². The number of carbonyl (C=O) groups excluding carboxylic acids is 1. The third-order valence-electron chi connectivity index (χ3n) is 1.81. The quantitative estimate of drug-likeness (QED) is 0.742. The summed E-state index contributed by atoms with van der Waals surface area (Å²) >= 11 is 1.49. The molecule has 0 radical (unpaired) electrons. The van der Waals surface area contributed by atoms with Gasteiger partial charge in [-0.2, -0.15) is 5.10 Å². The number of carbonyl (C=O) groups is 1. The highest BCUT2D eigenvalue weighted by molar-refractivity contribution is 7.17. The van der Waals surface area contributed by atoms with Crippen LogP contribution < -0.4 is 0 Å². The molecule has 0 amide bonds. The summed E-state index contributed by atoms with van der Waals surface area (Å²) in [5.41, 5.74) is 1.37. The van der Waals surface area contributed by atoms with Gasteiger partial charge in [0, 0.05) is 0 Å². The van der Waals surface area contributed by atoms with Gasteiger partial charge in [0.05, 0.1) is 17.9 Å². The molecule has 0 aromatic carbocycles. The van der Waals surface area contributed by atoms with Crippen LogP contribution in [0.4, 0.5) is 0 Å². The van der Waals surface area contributed by atoms with Gasteiger partial charge < -0.3 is 5.11 Å². The summed E-state index contributed by atoms with van der Waals surface area (Å²) in [5.74, 6) is 0.